The Balaban J connectivity index is 1.07. The Bertz CT molecular complexity index is 3410. The number of hydrogen-bond donors (Lipinski definition) is 0. The van der Waals surface area contributed by atoms with Crippen molar-refractivity contribution < 1.29 is 0 Å². The van der Waals surface area contributed by atoms with Gasteiger partial charge in [0.2, 0.25) is 5.95 Å². The summed E-state index contributed by atoms with van der Waals surface area (Å²) in [4.78, 5) is 15.6. The number of nitrogens with zero attached hydrogens (tertiary/aromatic N) is 4. The Morgan fingerprint density at radius 2 is 1.03 bits per heavy atom. The maximum Gasteiger partial charge on any atom is 0.235 e. The van der Waals surface area contributed by atoms with Crippen LogP contribution < -0.4 is 4.90 Å². The third kappa shape index (κ3) is 5.54. The molecular weight excluding hydrogens is 737 g/mol. The van der Waals surface area contributed by atoms with Crippen molar-refractivity contribution in [3.63, 3.8) is 0 Å². The van der Waals surface area contributed by atoms with Gasteiger partial charge in [-0.15, -0.1) is 0 Å². The number of hydrogen-bond acceptors (Lipinski definition) is 4. The van der Waals surface area contributed by atoms with E-state index in [0.717, 1.165) is 50.0 Å². The van der Waals surface area contributed by atoms with Gasteiger partial charge in [0.1, 0.15) is 0 Å². The maximum atomic E-state index is 5.46. The lowest BCUT2D eigenvalue weighted by Crippen LogP contribution is -2.14. The summed E-state index contributed by atoms with van der Waals surface area (Å²) in [5, 5.41) is 5.80. The Morgan fingerprint density at radius 1 is 0.390 bits per heavy atom. The average Bonchev–Trinajstić information content (AvgIpc) is 3.65. The van der Waals surface area contributed by atoms with Gasteiger partial charge in [-0.2, -0.15) is 0 Å². The Kier molecular flexibility index (Phi) is 7.75. The van der Waals surface area contributed by atoms with Gasteiger partial charge in [0.15, 0.2) is 0 Å². The molecule has 0 atom stereocenters. The first kappa shape index (κ1) is 33.6. The molecule has 0 bridgehead atoms. The highest BCUT2D eigenvalue weighted by molar-refractivity contribution is 7.99. The average molecular weight is 771 g/mol. The number of rotatable bonds is 5. The molecule has 0 fully saturated rings. The summed E-state index contributed by atoms with van der Waals surface area (Å²) < 4.78 is 2.27. The molecule has 0 saturated carbocycles. The minimum Gasteiger partial charge on any atom is -0.308 e. The normalized spacial score (nSPS) is 12.3. The number of para-hydroxylation sites is 3. The predicted molar refractivity (Wildman–Crippen MR) is 246 cm³/mol. The lowest BCUT2D eigenvalue weighted by Gasteiger charge is -2.33. The topological polar surface area (TPSA) is 34.0 Å². The summed E-state index contributed by atoms with van der Waals surface area (Å²) >= 11 is 1.83. The van der Waals surface area contributed by atoms with Crippen LogP contribution in [0, 0.1) is 0 Å². The van der Waals surface area contributed by atoms with E-state index in [0.29, 0.717) is 5.95 Å². The van der Waals surface area contributed by atoms with Gasteiger partial charge in [0, 0.05) is 37.2 Å². The molecule has 0 unspecified atom stereocenters. The van der Waals surface area contributed by atoms with Gasteiger partial charge >= 0.3 is 0 Å². The second-order valence-corrected chi connectivity index (χ2v) is 16.1. The fourth-order valence-electron chi connectivity index (χ4n) is 8.81. The lowest BCUT2D eigenvalue weighted by molar-refractivity contribution is 1.01. The summed E-state index contributed by atoms with van der Waals surface area (Å²) in [5.41, 5.74) is 13.1. The number of aromatic nitrogens is 3. The van der Waals surface area contributed by atoms with Gasteiger partial charge in [-0.05, 0) is 87.6 Å². The molecule has 59 heavy (non-hydrogen) atoms. The first-order chi connectivity index (χ1) is 29.2. The van der Waals surface area contributed by atoms with E-state index in [1.165, 1.54) is 53.8 Å². The molecule has 0 aliphatic carbocycles. The van der Waals surface area contributed by atoms with Crippen molar-refractivity contribution in [2.24, 2.45) is 0 Å². The number of benzene rings is 9. The molecule has 2 aromatic heterocycles. The Morgan fingerprint density at radius 3 is 1.90 bits per heavy atom. The molecule has 0 amide bonds. The van der Waals surface area contributed by atoms with Crippen molar-refractivity contribution in [3.8, 4) is 39.5 Å². The minimum atomic E-state index is 0.645. The molecule has 0 saturated heterocycles. The summed E-state index contributed by atoms with van der Waals surface area (Å²) in [6.45, 7) is 0. The molecule has 1 aliphatic rings. The monoisotopic (exact) mass is 770 g/mol. The van der Waals surface area contributed by atoms with Crippen molar-refractivity contribution >= 4 is 72.3 Å². The van der Waals surface area contributed by atoms with Crippen molar-refractivity contribution in [1.82, 2.24) is 14.5 Å². The second kappa shape index (κ2) is 13.6. The molecule has 1 aliphatic heterocycles. The molecule has 0 N–H and O–H groups in total. The fourth-order valence-corrected chi connectivity index (χ4v) is 9.85. The van der Waals surface area contributed by atoms with Crippen LogP contribution in [-0.4, -0.2) is 14.5 Å². The molecule has 0 spiro atoms. The third-order valence-electron chi connectivity index (χ3n) is 11.6. The van der Waals surface area contributed by atoms with E-state index in [2.05, 4.69) is 216 Å². The van der Waals surface area contributed by atoms with E-state index in [-0.39, 0.29) is 0 Å². The van der Waals surface area contributed by atoms with E-state index >= 15 is 0 Å². The van der Waals surface area contributed by atoms with Crippen LogP contribution in [0.15, 0.2) is 216 Å². The first-order valence-corrected chi connectivity index (χ1v) is 20.7. The zero-order valence-electron chi connectivity index (χ0n) is 31.8. The molecule has 11 aromatic rings. The van der Waals surface area contributed by atoms with E-state index in [1.54, 1.807) is 0 Å². The molecule has 276 valence electrons. The minimum absolute atomic E-state index is 0.645. The van der Waals surface area contributed by atoms with Gasteiger partial charge in [-0.1, -0.05) is 163 Å². The van der Waals surface area contributed by atoms with Crippen molar-refractivity contribution in [2.75, 3.05) is 4.90 Å². The molecule has 12 rings (SSSR count). The van der Waals surface area contributed by atoms with Crippen LogP contribution in [-0.2, 0) is 0 Å². The van der Waals surface area contributed by atoms with Crippen LogP contribution in [0.3, 0.4) is 0 Å². The van der Waals surface area contributed by atoms with Crippen LogP contribution in [0.1, 0.15) is 0 Å². The summed E-state index contributed by atoms with van der Waals surface area (Å²) in [5.74, 6) is 0.645. The Hall–Kier alpha value is -7.47. The predicted octanol–water partition coefficient (Wildman–Crippen LogP) is 14.8. The van der Waals surface area contributed by atoms with E-state index in [4.69, 9.17) is 9.97 Å². The van der Waals surface area contributed by atoms with E-state index in [1.807, 2.05) is 11.8 Å². The molecule has 4 nitrogen and oxygen atoms in total. The standard InChI is InChI=1S/C54H34N4S/c1-3-13-35(14-4-1)36-23-25-38(26-24-36)53-43-19-9-10-20-45(43)55-54(56-53)58-47-31-28-37-15-7-8-18-42(37)52(47)44-30-27-39(33-48(44)58)40-29-32-51-49(34-40)57(41-16-5-2-6-17-41)46-21-11-12-22-50(46)59-51/h1-34H. The number of anilines is 3. The van der Waals surface area contributed by atoms with E-state index in [9.17, 15) is 0 Å². The number of fused-ring (bicyclic) bond motifs is 8. The Labute approximate surface area is 345 Å². The van der Waals surface area contributed by atoms with Gasteiger partial charge < -0.3 is 4.90 Å². The van der Waals surface area contributed by atoms with Crippen molar-refractivity contribution in [3.05, 3.63) is 206 Å². The van der Waals surface area contributed by atoms with Crippen LogP contribution in [0.5, 0.6) is 0 Å². The molecule has 9 aromatic carbocycles. The first-order valence-electron chi connectivity index (χ1n) is 19.9. The lowest BCUT2D eigenvalue weighted by atomic mass is 10.0. The smallest absolute Gasteiger partial charge is 0.235 e. The molecule has 3 heterocycles. The van der Waals surface area contributed by atoms with Gasteiger partial charge in [0.25, 0.3) is 0 Å². The van der Waals surface area contributed by atoms with Crippen LogP contribution in [0.2, 0.25) is 0 Å². The molecular formula is C54H34N4S. The SMILES string of the molecule is c1ccc(-c2ccc(-c3nc(-n4c5cc(-c6ccc7c(c6)N(c6ccccc6)c6ccccc6S7)ccc5c5c6ccccc6ccc54)nc4ccccc34)cc2)cc1. The second-order valence-electron chi connectivity index (χ2n) is 15.0. The molecule has 5 heteroatoms. The zero-order valence-corrected chi connectivity index (χ0v) is 32.6. The summed E-state index contributed by atoms with van der Waals surface area (Å²) in [6, 6.07) is 73.8. The summed E-state index contributed by atoms with van der Waals surface area (Å²) in [7, 11) is 0. The van der Waals surface area contributed by atoms with Crippen LogP contribution in [0.4, 0.5) is 17.1 Å². The van der Waals surface area contributed by atoms with Gasteiger partial charge in [-0.25, -0.2) is 9.97 Å². The van der Waals surface area contributed by atoms with Crippen molar-refractivity contribution in [1.29, 1.82) is 0 Å². The van der Waals surface area contributed by atoms with E-state index < -0.39 is 0 Å². The highest BCUT2D eigenvalue weighted by Gasteiger charge is 2.26. The maximum absolute atomic E-state index is 5.46. The quantitative estimate of drug-likeness (QED) is 0.175. The highest BCUT2D eigenvalue weighted by Crippen LogP contribution is 2.52. The largest absolute Gasteiger partial charge is 0.308 e. The third-order valence-corrected chi connectivity index (χ3v) is 12.7. The van der Waals surface area contributed by atoms with Crippen molar-refractivity contribution in [2.45, 2.75) is 9.79 Å². The van der Waals surface area contributed by atoms with Gasteiger partial charge in [-0.3, -0.25) is 4.57 Å². The van der Waals surface area contributed by atoms with Gasteiger partial charge in [0.05, 0.1) is 33.6 Å². The fraction of sp³-hybridized carbons (Fsp3) is 0. The van der Waals surface area contributed by atoms with Crippen LogP contribution in [0.25, 0.3) is 82.9 Å². The summed E-state index contributed by atoms with van der Waals surface area (Å²) in [6.07, 6.45) is 0. The molecule has 0 radical (unpaired) electrons. The zero-order chi connectivity index (χ0) is 38.9. The van der Waals surface area contributed by atoms with Crippen LogP contribution >= 0.6 is 11.8 Å². The highest BCUT2D eigenvalue weighted by atomic mass is 32.2.